The number of aryl methyl sites for hydroxylation is 2. The maximum Gasteiger partial charge on any atom is 0.0452 e. The molecule has 2 aliphatic carbocycles. The summed E-state index contributed by atoms with van der Waals surface area (Å²) in [6.07, 6.45) is 0. The molecule has 0 amide bonds. The number of thiophene rings is 6. The summed E-state index contributed by atoms with van der Waals surface area (Å²) in [5.74, 6) is 0.836. The van der Waals surface area contributed by atoms with Crippen molar-refractivity contribution < 1.29 is 0 Å². The van der Waals surface area contributed by atoms with Crippen molar-refractivity contribution in [1.29, 1.82) is 0 Å². The molecule has 1 aromatic carbocycles. The molecule has 2 unspecified atom stereocenters. The van der Waals surface area contributed by atoms with Gasteiger partial charge < -0.3 is 0 Å². The monoisotopic (exact) mass is 678 g/mol. The zero-order chi connectivity index (χ0) is 30.0. The van der Waals surface area contributed by atoms with E-state index in [0.717, 1.165) is 0 Å². The second kappa shape index (κ2) is 9.96. The highest BCUT2D eigenvalue weighted by Gasteiger charge is 2.39. The van der Waals surface area contributed by atoms with Crippen LogP contribution < -0.4 is 0 Å². The fourth-order valence-electron chi connectivity index (χ4n) is 7.45. The van der Waals surface area contributed by atoms with Gasteiger partial charge in [0, 0.05) is 70.4 Å². The molecule has 9 rings (SSSR count). The van der Waals surface area contributed by atoms with E-state index in [9.17, 15) is 0 Å². The van der Waals surface area contributed by atoms with Gasteiger partial charge in [-0.15, -0.1) is 68.0 Å². The first-order valence-electron chi connectivity index (χ1n) is 15.1. The Balaban J connectivity index is 1.11. The number of rotatable bonds is 4. The van der Waals surface area contributed by atoms with Gasteiger partial charge >= 0.3 is 0 Å². The molecule has 7 aromatic rings. The van der Waals surface area contributed by atoms with Gasteiger partial charge in [0.15, 0.2) is 0 Å². The Kier molecular flexibility index (Phi) is 6.27. The van der Waals surface area contributed by atoms with Crippen molar-refractivity contribution in [3.05, 3.63) is 104 Å². The average molecular weight is 679 g/mol. The Labute approximate surface area is 283 Å². The maximum atomic E-state index is 2.51. The van der Waals surface area contributed by atoms with E-state index in [4.69, 9.17) is 0 Å². The second-order valence-electron chi connectivity index (χ2n) is 12.2. The Morgan fingerprint density at radius 2 is 0.750 bits per heavy atom. The maximum absolute atomic E-state index is 2.51. The molecule has 0 bridgehead atoms. The van der Waals surface area contributed by atoms with Crippen molar-refractivity contribution in [2.24, 2.45) is 0 Å². The minimum absolute atomic E-state index is 0.418. The number of hydrogen-bond donors (Lipinski definition) is 0. The quantitative estimate of drug-likeness (QED) is 0.174. The van der Waals surface area contributed by atoms with Crippen LogP contribution in [0.15, 0.2) is 60.7 Å². The van der Waals surface area contributed by atoms with Gasteiger partial charge in [-0.05, 0) is 133 Å². The van der Waals surface area contributed by atoms with E-state index in [2.05, 4.69) is 102 Å². The van der Waals surface area contributed by atoms with Crippen LogP contribution in [0.3, 0.4) is 0 Å². The van der Waals surface area contributed by atoms with Gasteiger partial charge in [0.25, 0.3) is 0 Å². The van der Waals surface area contributed by atoms with E-state index >= 15 is 0 Å². The first-order valence-corrected chi connectivity index (χ1v) is 20.0. The molecule has 0 fully saturated rings. The predicted octanol–water partition coefficient (Wildman–Crippen LogP) is 14.2. The molecule has 0 saturated carbocycles. The van der Waals surface area contributed by atoms with Crippen LogP contribution in [-0.2, 0) is 0 Å². The number of fused-ring (bicyclic) bond motifs is 6. The van der Waals surface area contributed by atoms with Crippen molar-refractivity contribution >= 4 is 68.0 Å². The predicted molar refractivity (Wildman–Crippen MR) is 200 cm³/mol. The van der Waals surface area contributed by atoms with Crippen LogP contribution in [0.1, 0.15) is 68.8 Å². The lowest BCUT2D eigenvalue weighted by atomic mass is 9.85. The number of hydrogen-bond acceptors (Lipinski definition) is 6. The van der Waals surface area contributed by atoms with E-state index in [1.807, 2.05) is 68.0 Å². The normalized spacial score (nSPS) is 16.4. The summed E-state index contributed by atoms with van der Waals surface area (Å²) in [6, 6.07) is 23.3. The van der Waals surface area contributed by atoms with Gasteiger partial charge in [0.2, 0.25) is 0 Å². The first kappa shape index (κ1) is 27.7. The van der Waals surface area contributed by atoms with Crippen LogP contribution >= 0.6 is 68.0 Å². The van der Waals surface area contributed by atoms with Crippen molar-refractivity contribution in [1.82, 2.24) is 0 Å². The third-order valence-corrected chi connectivity index (χ3v) is 16.8. The van der Waals surface area contributed by atoms with Crippen LogP contribution in [0.2, 0.25) is 0 Å². The summed E-state index contributed by atoms with van der Waals surface area (Å²) in [4.78, 5) is 16.9. The van der Waals surface area contributed by atoms with E-state index in [0.29, 0.717) is 11.8 Å². The highest BCUT2D eigenvalue weighted by Crippen LogP contribution is 2.61. The van der Waals surface area contributed by atoms with Gasteiger partial charge in [0.05, 0.1) is 0 Å². The van der Waals surface area contributed by atoms with E-state index < -0.39 is 0 Å². The van der Waals surface area contributed by atoms with E-state index in [1.165, 1.54) is 91.9 Å². The molecule has 0 N–H and O–H groups in total. The summed E-state index contributed by atoms with van der Waals surface area (Å²) in [5, 5.41) is 0. The topological polar surface area (TPSA) is 0 Å². The molecule has 44 heavy (non-hydrogen) atoms. The fourth-order valence-corrected chi connectivity index (χ4v) is 14.3. The molecule has 0 spiro atoms. The zero-order valence-corrected chi connectivity index (χ0v) is 30.3. The van der Waals surface area contributed by atoms with Gasteiger partial charge in [-0.2, -0.15) is 0 Å². The van der Waals surface area contributed by atoms with Crippen LogP contribution in [0, 0.1) is 27.7 Å². The van der Waals surface area contributed by atoms with Crippen molar-refractivity contribution in [2.75, 3.05) is 0 Å². The molecule has 6 heterocycles. The molecule has 0 aliphatic heterocycles. The van der Waals surface area contributed by atoms with Crippen LogP contribution in [0.5, 0.6) is 0 Å². The van der Waals surface area contributed by atoms with Crippen molar-refractivity contribution in [3.63, 3.8) is 0 Å². The summed E-state index contributed by atoms with van der Waals surface area (Å²) < 4.78 is 0. The van der Waals surface area contributed by atoms with Gasteiger partial charge in [-0.1, -0.05) is 13.8 Å². The molecule has 2 atom stereocenters. The molecular formula is C38H30S6. The second-order valence-corrected chi connectivity index (χ2v) is 19.1. The van der Waals surface area contributed by atoms with Crippen LogP contribution in [0.25, 0.3) is 59.9 Å². The summed E-state index contributed by atoms with van der Waals surface area (Å²) in [7, 11) is 0. The average Bonchev–Trinajstić information content (AvgIpc) is 3.83. The van der Waals surface area contributed by atoms with Crippen LogP contribution in [0.4, 0.5) is 0 Å². The lowest BCUT2D eigenvalue weighted by molar-refractivity contribution is 0.926. The largest absolute Gasteiger partial charge is 0.140 e. The lowest BCUT2D eigenvalue weighted by Crippen LogP contribution is -2.01. The van der Waals surface area contributed by atoms with Crippen molar-refractivity contribution in [2.45, 2.75) is 53.4 Å². The lowest BCUT2D eigenvalue weighted by Gasteiger charge is -2.20. The van der Waals surface area contributed by atoms with Crippen molar-refractivity contribution in [3.8, 4) is 59.9 Å². The standard InChI is InChI=1S/C38H30S6/c1-17-7-9-25(39-17)27-11-13-29(41-27)31-15-23-19(3)33-22(6)36-34(21(5)35(33)37(23)43-31)20(4)24-16-32(44-38(24)36)30-14-12-28(42-30)26-10-8-18(2)40-26/h7-16,19-20H,1-6H3. The smallest absolute Gasteiger partial charge is 0.0452 e. The number of benzene rings is 1. The van der Waals surface area contributed by atoms with E-state index in [1.54, 1.807) is 11.1 Å². The molecular weight excluding hydrogens is 649 g/mol. The minimum atomic E-state index is 0.418. The molecule has 218 valence electrons. The first-order chi connectivity index (χ1) is 21.3. The fraction of sp³-hybridized carbons (Fsp3) is 0.211. The van der Waals surface area contributed by atoms with Gasteiger partial charge in [0.1, 0.15) is 0 Å². The molecule has 6 heteroatoms. The Hall–Kier alpha value is -2.58. The molecule has 0 nitrogen and oxygen atoms in total. The van der Waals surface area contributed by atoms with Gasteiger partial charge in [-0.25, -0.2) is 0 Å². The Morgan fingerprint density at radius 1 is 0.409 bits per heavy atom. The molecule has 6 aromatic heterocycles. The highest BCUT2D eigenvalue weighted by atomic mass is 32.1. The van der Waals surface area contributed by atoms with Crippen LogP contribution in [-0.4, -0.2) is 0 Å². The zero-order valence-electron chi connectivity index (χ0n) is 25.4. The summed E-state index contributed by atoms with van der Waals surface area (Å²) in [5.41, 5.74) is 12.2. The van der Waals surface area contributed by atoms with Gasteiger partial charge in [-0.3, -0.25) is 0 Å². The summed E-state index contributed by atoms with van der Waals surface area (Å²) >= 11 is 11.7. The Bertz CT molecular complexity index is 2110. The van der Waals surface area contributed by atoms with E-state index in [-0.39, 0.29) is 0 Å². The third kappa shape index (κ3) is 3.95. The minimum Gasteiger partial charge on any atom is -0.140 e. The Morgan fingerprint density at radius 3 is 1.11 bits per heavy atom. The third-order valence-electron chi connectivity index (χ3n) is 9.54. The SMILES string of the molecule is Cc1ccc(-c2ccc(-c3cc4c(s3)-c3c(C)c5c(c(C)c3C4C)-c3sc(-c4ccc(-c6ccc(C)s6)s4)cc3C5C)s2)s1. The molecule has 0 radical (unpaired) electrons. The molecule has 0 saturated heterocycles. The summed E-state index contributed by atoms with van der Waals surface area (Å²) in [6.45, 7) is 14.1. The molecule has 2 aliphatic rings. The highest BCUT2D eigenvalue weighted by molar-refractivity contribution is 7.28.